The van der Waals surface area contributed by atoms with Crippen LogP contribution in [-0.4, -0.2) is 11.6 Å². The van der Waals surface area contributed by atoms with Gasteiger partial charge in [0.05, 0.1) is 22.8 Å². The van der Waals surface area contributed by atoms with E-state index in [1.54, 1.807) is 36.4 Å². The Morgan fingerprint density at radius 2 is 1.53 bits per heavy atom. The van der Waals surface area contributed by atoms with Crippen LogP contribution in [-0.2, 0) is 6.42 Å². The summed E-state index contributed by atoms with van der Waals surface area (Å²) >= 11 is 0. The molecule has 0 saturated carbocycles. The van der Waals surface area contributed by atoms with Crippen LogP contribution >= 0.6 is 0 Å². The third-order valence-corrected chi connectivity index (χ3v) is 5.86. The largest absolute Gasteiger partial charge is 0.455 e. The van der Waals surface area contributed by atoms with Crippen molar-refractivity contribution in [1.82, 2.24) is 0 Å². The van der Waals surface area contributed by atoms with Crippen molar-refractivity contribution in [2.24, 2.45) is 15.3 Å². The van der Waals surface area contributed by atoms with E-state index in [-0.39, 0.29) is 17.5 Å². The van der Waals surface area contributed by atoms with Crippen LogP contribution in [0.2, 0.25) is 0 Å². The molecule has 2 N–H and O–H groups in total. The Balaban J connectivity index is 1.29. The maximum Gasteiger partial charge on any atom is 0.291 e. The third kappa shape index (κ3) is 5.22. The second-order valence-electron chi connectivity index (χ2n) is 8.42. The van der Waals surface area contributed by atoms with Gasteiger partial charge in [0, 0.05) is 23.2 Å². The van der Waals surface area contributed by atoms with Gasteiger partial charge in [0.1, 0.15) is 11.6 Å². The van der Waals surface area contributed by atoms with Gasteiger partial charge in [-0.25, -0.2) is 4.39 Å². The molecule has 4 aromatic rings. The Morgan fingerprint density at radius 3 is 2.25 bits per heavy atom. The first-order valence-corrected chi connectivity index (χ1v) is 11.7. The molecule has 0 bridgehead atoms. The number of nitrogens with zero attached hydrogens (tertiary/aromatic N) is 3. The summed E-state index contributed by atoms with van der Waals surface area (Å²) in [5.41, 5.74) is 8.14. The molecule has 0 unspecified atom stereocenters. The monoisotopic (exact) mass is 481 g/mol. The first-order valence-electron chi connectivity index (χ1n) is 11.7. The summed E-state index contributed by atoms with van der Waals surface area (Å²) in [6.07, 6.45) is 2.35. The Hall–Kier alpha value is -4.59. The smallest absolute Gasteiger partial charge is 0.291 e. The molecule has 1 heterocycles. The minimum absolute atomic E-state index is 0.268. The second kappa shape index (κ2) is 10.4. The summed E-state index contributed by atoms with van der Waals surface area (Å²) in [7, 11) is 0. The zero-order valence-corrected chi connectivity index (χ0v) is 19.7. The molecular weight excluding hydrogens is 457 g/mol. The SMILES string of the molecule is Cc1c(C(=O)Nc2ccc(N=Nc3ccccc3)cc2)oc2c1C(=NNc1ccc(F)cc1)CCC2. The minimum Gasteiger partial charge on any atom is -0.455 e. The lowest BCUT2D eigenvalue weighted by molar-refractivity contribution is 0.0994. The van der Waals surface area contributed by atoms with E-state index in [0.29, 0.717) is 17.1 Å². The number of fused-ring (bicyclic) bond motifs is 1. The first-order chi connectivity index (χ1) is 17.6. The van der Waals surface area contributed by atoms with Crippen molar-refractivity contribution in [2.45, 2.75) is 26.2 Å². The number of hydrazone groups is 1. The van der Waals surface area contributed by atoms with Gasteiger partial charge in [-0.3, -0.25) is 10.2 Å². The lowest BCUT2D eigenvalue weighted by Gasteiger charge is -2.13. The molecule has 0 radical (unpaired) electrons. The molecule has 0 atom stereocenters. The molecule has 1 aromatic heterocycles. The second-order valence-corrected chi connectivity index (χ2v) is 8.42. The fraction of sp³-hybridized carbons (Fsp3) is 0.143. The maximum atomic E-state index is 13.2. The van der Waals surface area contributed by atoms with Crippen molar-refractivity contribution in [3.63, 3.8) is 0 Å². The van der Waals surface area contributed by atoms with Crippen LogP contribution in [0.3, 0.4) is 0 Å². The lowest BCUT2D eigenvalue weighted by Crippen LogP contribution is -2.14. The van der Waals surface area contributed by atoms with Crippen LogP contribution < -0.4 is 10.7 Å². The van der Waals surface area contributed by atoms with Gasteiger partial charge in [-0.05, 0) is 80.4 Å². The number of aryl methyl sites for hydroxylation is 1. The lowest BCUT2D eigenvalue weighted by atomic mass is 9.93. The highest BCUT2D eigenvalue weighted by Crippen LogP contribution is 2.31. The average molecular weight is 482 g/mol. The maximum absolute atomic E-state index is 13.2. The van der Waals surface area contributed by atoms with E-state index in [9.17, 15) is 9.18 Å². The number of nitrogens with one attached hydrogen (secondary N) is 2. The number of azo groups is 1. The Morgan fingerprint density at radius 1 is 0.861 bits per heavy atom. The van der Waals surface area contributed by atoms with Crippen molar-refractivity contribution in [1.29, 1.82) is 0 Å². The molecule has 36 heavy (non-hydrogen) atoms. The van der Waals surface area contributed by atoms with Crippen LogP contribution in [0.1, 0.15) is 40.3 Å². The number of carbonyl (C=O) groups is 1. The summed E-state index contributed by atoms with van der Waals surface area (Å²) in [5, 5.41) is 15.8. The Kier molecular flexibility index (Phi) is 6.66. The van der Waals surface area contributed by atoms with E-state index >= 15 is 0 Å². The highest BCUT2D eigenvalue weighted by Gasteiger charge is 2.28. The zero-order chi connectivity index (χ0) is 24.9. The minimum atomic E-state index is -0.327. The van der Waals surface area contributed by atoms with Crippen molar-refractivity contribution >= 4 is 34.4 Å². The number of hydrogen-bond acceptors (Lipinski definition) is 6. The van der Waals surface area contributed by atoms with Gasteiger partial charge in [-0.2, -0.15) is 15.3 Å². The molecule has 0 spiro atoms. The molecule has 3 aromatic carbocycles. The van der Waals surface area contributed by atoms with E-state index in [1.807, 2.05) is 37.3 Å². The number of amides is 1. The summed E-state index contributed by atoms with van der Waals surface area (Å²) in [4.78, 5) is 13.0. The molecule has 0 aliphatic heterocycles. The number of anilines is 2. The van der Waals surface area contributed by atoms with Crippen molar-refractivity contribution < 1.29 is 13.6 Å². The summed E-state index contributed by atoms with van der Waals surface area (Å²) in [5.74, 6) is 0.386. The standard InChI is InChI=1S/C28H24FN5O2/c1-18-26-24(34-33-22-12-10-19(29)11-13-22)8-5-9-25(26)36-27(18)28(35)30-20-14-16-23(17-15-20)32-31-21-6-3-2-4-7-21/h2-4,6-7,10-17,33H,5,8-9H2,1H3,(H,30,35). The van der Waals surface area contributed by atoms with E-state index in [0.717, 1.165) is 47.5 Å². The van der Waals surface area contributed by atoms with Gasteiger partial charge in [0.15, 0.2) is 5.76 Å². The third-order valence-electron chi connectivity index (χ3n) is 5.86. The van der Waals surface area contributed by atoms with E-state index in [1.165, 1.54) is 12.1 Å². The van der Waals surface area contributed by atoms with Crippen molar-refractivity contribution in [3.05, 3.63) is 107 Å². The van der Waals surface area contributed by atoms with E-state index < -0.39 is 0 Å². The topological polar surface area (TPSA) is 91.4 Å². The number of hydrogen-bond donors (Lipinski definition) is 2. The molecule has 0 saturated heterocycles. The van der Waals surface area contributed by atoms with Crippen LogP contribution in [0, 0.1) is 12.7 Å². The van der Waals surface area contributed by atoms with Crippen molar-refractivity contribution in [2.75, 3.05) is 10.7 Å². The summed E-state index contributed by atoms with van der Waals surface area (Å²) < 4.78 is 19.1. The van der Waals surface area contributed by atoms with Crippen LogP contribution in [0.25, 0.3) is 0 Å². The molecule has 7 nitrogen and oxygen atoms in total. The predicted octanol–water partition coefficient (Wildman–Crippen LogP) is 7.55. The van der Waals surface area contributed by atoms with Crippen molar-refractivity contribution in [3.8, 4) is 0 Å². The Bertz CT molecular complexity index is 1430. The molecule has 180 valence electrons. The zero-order valence-electron chi connectivity index (χ0n) is 19.7. The molecule has 1 aliphatic rings. The summed E-state index contributed by atoms with van der Waals surface area (Å²) in [6.45, 7) is 1.86. The van der Waals surface area contributed by atoms with Gasteiger partial charge in [-0.1, -0.05) is 18.2 Å². The molecule has 0 fully saturated rings. The van der Waals surface area contributed by atoms with Crippen LogP contribution in [0.15, 0.2) is 98.6 Å². The molecular formula is C28H24FN5O2. The van der Waals surface area contributed by atoms with Gasteiger partial charge < -0.3 is 9.73 Å². The number of furan rings is 1. The predicted molar refractivity (Wildman–Crippen MR) is 138 cm³/mol. The number of rotatable bonds is 6. The average Bonchev–Trinajstić information content (AvgIpc) is 3.26. The first kappa shape index (κ1) is 23.2. The van der Waals surface area contributed by atoms with Crippen LogP contribution in [0.4, 0.5) is 27.1 Å². The number of halogens is 1. The number of benzene rings is 3. The quantitative estimate of drug-likeness (QED) is 0.220. The van der Waals surface area contributed by atoms with E-state index in [2.05, 4.69) is 26.1 Å². The molecule has 8 heteroatoms. The molecule has 1 amide bonds. The summed E-state index contributed by atoms with van der Waals surface area (Å²) in [6, 6.07) is 22.6. The van der Waals surface area contributed by atoms with Crippen LogP contribution in [0.5, 0.6) is 0 Å². The highest BCUT2D eigenvalue weighted by atomic mass is 19.1. The van der Waals surface area contributed by atoms with Gasteiger partial charge in [0.25, 0.3) is 5.91 Å². The normalized spacial score (nSPS) is 14.1. The highest BCUT2D eigenvalue weighted by molar-refractivity contribution is 6.09. The van der Waals surface area contributed by atoms with Gasteiger partial charge >= 0.3 is 0 Å². The van der Waals surface area contributed by atoms with Gasteiger partial charge in [-0.15, -0.1) is 0 Å². The fourth-order valence-electron chi connectivity index (χ4n) is 4.06. The Labute approximate surface area is 207 Å². The fourth-order valence-corrected chi connectivity index (χ4v) is 4.06. The van der Waals surface area contributed by atoms with Gasteiger partial charge in [0.2, 0.25) is 0 Å². The van der Waals surface area contributed by atoms with E-state index in [4.69, 9.17) is 4.42 Å². The number of carbonyl (C=O) groups excluding carboxylic acids is 1. The molecule has 5 rings (SSSR count). The molecule has 1 aliphatic carbocycles.